The molecule has 0 amide bonds. The van der Waals surface area contributed by atoms with Crippen LogP contribution in [0.3, 0.4) is 0 Å². The van der Waals surface area contributed by atoms with Gasteiger partial charge < -0.3 is 4.98 Å². The molecule has 1 N–H and O–H groups in total. The highest BCUT2D eigenvalue weighted by molar-refractivity contribution is 7.97. The molecule has 0 aliphatic heterocycles. The summed E-state index contributed by atoms with van der Waals surface area (Å²) in [5.74, 6) is 0.397. The first kappa shape index (κ1) is 9.12. The summed E-state index contributed by atoms with van der Waals surface area (Å²) in [5, 5.41) is 0. The van der Waals surface area contributed by atoms with Crippen LogP contribution < -0.4 is 11.2 Å². The standard InChI is InChI=1S/C7H10N2O2S/c1-5-3-6(10)9(4-12-2)7(11)8-5/h3H,4H2,1-2H3,(H,8,11). The number of H-pyrrole nitrogens is 1. The zero-order valence-electron chi connectivity index (χ0n) is 6.96. The molecule has 0 radical (unpaired) electrons. The minimum Gasteiger partial charge on any atom is -0.311 e. The van der Waals surface area contributed by atoms with Crippen molar-refractivity contribution in [2.24, 2.45) is 0 Å². The van der Waals surface area contributed by atoms with Crippen LogP contribution in [0, 0.1) is 6.92 Å². The van der Waals surface area contributed by atoms with Crippen LogP contribution in [0.15, 0.2) is 15.7 Å². The lowest BCUT2D eigenvalue weighted by Crippen LogP contribution is -2.34. The molecule has 0 spiro atoms. The van der Waals surface area contributed by atoms with Gasteiger partial charge in [-0.3, -0.25) is 9.36 Å². The third-order valence-corrected chi connectivity index (χ3v) is 1.93. The monoisotopic (exact) mass is 186 g/mol. The Bertz CT molecular complexity index is 348. The number of aromatic nitrogens is 2. The summed E-state index contributed by atoms with van der Waals surface area (Å²) in [5.41, 5.74) is 0.0160. The molecule has 4 nitrogen and oxygen atoms in total. The van der Waals surface area contributed by atoms with Crippen LogP contribution in [0.4, 0.5) is 0 Å². The largest absolute Gasteiger partial charge is 0.329 e. The highest BCUT2D eigenvalue weighted by atomic mass is 32.2. The summed E-state index contributed by atoms with van der Waals surface area (Å²) < 4.78 is 1.16. The number of hydrogen-bond donors (Lipinski definition) is 1. The molecule has 1 rings (SSSR count). The van der Waals surface area contributed by atoms with Crippen LogP contribution in [-0.4, -0.2) is 15.8 Å². The predicted octanol–water partition coefficient (Wildman–Crippen LogP) is 0.166. The SMILES string of the molecule is CSCn1c(=O)cc(C)[nH]c1=O. The topological polar surface area (TPSA) is 54.9 Å². The van der Waals surface area contributed by atoms with Gasteiger partial charge in [-0.1, -0.05) is 0 Å². The Balaban J connectivity index is 3.29. The molecule has 0 aliphatic carbocycles. The molecule has 0 atom stereocenters. The van der Waals surface area contributed by atoms with Crippen molar-refractivity contribution in [2.75, 3.05) is 6.26 Å². The van der Waals surface area contributed by atoms with Gasteiger partial charge in [-0.05, 0) is 13.2 Å². The lowest BCUT2D eigenvalue weighted by Gasteiger charge is -2.00. The van der Waals surface area contributed by atoms with Crippen molar-refractivity contribution in [3.63, 3.8) is 0 Å². The molecule has 0 fully saturated rings. The van der Waals surface area contributed by atoms with E-state index in [-0.39, 0.29) is 11.2 Å². The Hall–Kier alpha value is -0.970. The molecular formula is C7H10N2O2S. The van der Waals surface area contributed by atoms with Gasteiger partial charge in [-0.15, -0.1) is 11.8 Å². The van der Waals surface area contributed by atoms with Crippen LogP contribution in [0.2, 0.25) is 0 Å². The summed E-state index contributed by atoms with van der Waals surface area (Å²) in [6, 6.07) is 1.41. The summed E-state index contributed by atoms with van der Waals surface area (Å²) in [4.78, 5) is 24.9. The van der Waals surface area contributed by atoms with Gasteiger partial charge in [0, 0.05) is 11.8 Å². The molecule has 12 heavy (non-hydrogen) atoms. The van der Waals surface area contributed by atoms with E-state index in [4.69, 9.17) is 0 Å². The molecule has 5 heteroatoms. The first-order valence-corrected chi connectivity index (χ1v) is 4.84. The van der Waals surface area contributed by atoms with Crippen LogP contribution in [0.1, 0.15) is 5.69 Å². The van der Waals surface area contributed by atoms with Crippen molar-refractivity contribution in [3.05, 3.63) is 32.6 Å². The first-order chi connectivity index (χ1) is 5.65. The van der Waals surface area contributed by atoms with E-state index in [1.165, 1.54) is 17.8 Å². The fourth-order valence-corrected chi connectivity index (χ4v) is 1.39. The number of aromatic amines is 1. The van der Waals surface area contributed by atoms with Crippen LogP contribution in [0.5, 0.6) is 0 Å². The van der Waals surface area contributed by atoms with E-state index in [1.807, 2.05) is 6.26 Å². The number of aryl methyl sites for hydroxylation is 1. The van der Waals surface area contributed by atoms with Crippen LogP contribution in [0.25, 0.3) is 0 Å². The van der Waals surface area contributed by atoms with Gasteiger partial charge in [-0.2, -0.15) is 0 Å². The van der Waals surface area contributed by atoms with Gasteiger partial charge in [0.25, 0.3) is 5.56 Å². The molecule has 0 bridgehead atoms. The Kier molecular flexibility index (Phi) is 2.75. The van der Waals surface area contributed by atoms with Crippen molar-refractivity contribution in [1.29, 1.82) is 0 Å². The fourth-order valence-electron chi connectivity index (χ4n) is 0.887. The predicted molar refractivity (Wildman–Crippen MR) is 49.6 cm³/mol. The second-order valence-electron chi connectivity index (χ2n) is 2.44. The number of rotatable bonds is 2. The normalized spacial score (nSPS) is 10.2. The van der Waals surface area contributed by atoms with Crippen LogP contribution >= 0.6 is 11.8 Å². The maximum absolute atomic E-state index is 11.2. The van der Waals surface area contributed by atoms with Gasteiger partial charge >= 0.3 is 5.69 Å². The van der Waals surface area contributed by atoms with Gasteiger partial charge in [0.05, 0.1) is 5.88 Å². The van der Waals surface area contributed by atoms with Crippen molar-refractivity contribution in [2.45, 2.75) is 12.8 Å². The van der Waals surface area contributed by atoms with Gasteiger partial charge in [0.1, 0.15) is 0 Å². The summed E-state index contributed by atoms with van der Waals surface area (Å²) in [7, 11) is 0. The average Bonchev–Trinajstić information content (AvgIpc) is 1.96. The zero-order valence-corrected chi connectivity index (χ0v) is 7.77. The van der Waals surface area contributed by atoms with Crippen molar-refractivity contribution >= 4 is 11.8 Å². The first-order valence-electron chi connectivity index (χ1n) is 3.45. The van der Waals surface area contributed by atoms with E-state index >= 15 is 0 Å². The van der Waals surface area contributed by atoms with Gasteiger partial charge in [-0.25, -0.2) is 4.79 Å². The van der Waals surface area contributed by atoms with Crippen molar-refractivity contribution < 1.29 is 0 Å². The Morgan fingerprint density at radius 1 is 1.58 bits per heavy atom. The van der Waals surface area contributed by atoms with E-state index < -0.39 is 0 Å². The molecule has 0 aromatic carbocycles. The van der Waals surface area contributed by atoms with Gasteiger partial charge in [0.2, 0.25) is 0 Å². The molecule has 1 aromatic heterocycles. The van der Waals surface area contributed by atoms with Crippen LogP contribution in [-0.2, 0) is 5.88 Å². The molecule has 1 aromatic rings. The number of thioether (sulfide) groups is 1. The molecule has 1 heterocycles. The fraction of sp³-hybridized carbons (Fsp3) is 0.429. The summed E-state index contributed by atoms with van der Waals surface area (Å²) in [6.45, 7) is 1.69. The lowest BCUT2D eigenvalue weighted by atomic mass is 10.4. The summed E-state index contributed by atoms with van der Waals surface area (Å²) in [6.07, 6.45) is 1.84. The molecule has 0 unspecified atom stereocenters. The number of hydrogen-bond acceptors (Lipinski definition) is 3. The quantitative estimate of drug-likeness (QED) is 0.716. The highest BCUT2D eigenvalue weighted by Crippen LogP contribution is 1.92. The maximum atomic E-state index is 11.2. The second-order valence-corrected chi connectivity index (χ2v) is 3.28. The van der Waals surface area contributed by atoms with E-state index in [0.29, 0.717) is 11.6 Å². The van der Waals surface area contributed by atoms with Crippen molar-refractivity contribution in [1.82, 2.24) is 9.55 Å². The third-order valence-electron chi connectivity index (χ3n) is 1.41. The third kappa shape index (κ3) is 1.79. The average molecular weight is 186 g/mol. The highest BCUT2D eigenvalue weighted by Gasteiger charge is 1.99. The molecule has 0 saturated heterocycles. The van der Waals surface area contributed by atoms with E-state index in [2.05, 4.69) is 4.98 Å². The van der Waals surface area contributed by atoms with Gasteiger partial charge in [0.15, 0.2) is 0 Å². The Morgan fingerprint density at radius 3 is 2.75 bits per heavy atom. The second kappa shape index (κ2) is 3.62. The lowest BCUT2D eigenvalue weighted by molar-refractivity contribution is 0.752. The minimum atomic E-state index is -0.339. The minimum absolute atomic E-state index is 0.245. The molecule has 0 saturated carbocycles. The van der Waals surface area contributed by atoms with E-state index in [0.717, 1.165) is 4.57 Å². The Labute approximate surface area is 73.6 Å². The number of nitrogens with zero attached hydrogens (tertiary/aromatic N) is 1. The van der Waals surface area contributed by atoms with Crippen molar-refractivity contribution in [3.8, 4) is 0 Å². The molecular weight excluding hydrogens is 176 g/mol. The van der Waals surface area contributed by atoms with E-state index in [9.17, 15) is 9.59 Å². The van der Waals surface area contributed by atoms with E-state index in [1.54, 1.807) is 6.92 Å². The number of nitrogens with one attached hydrogen (secondary N) is 1. The summed E-state index contributed by atoms with van der Waals surface area (Å²) >= 11 is 1.43. The molecule has 0 aliphatic rings. The molecule has 66 valence electrons. The Morgan fingerprint density at radius 2 is 2.25 bits per heavy atom. The maximum Gasteiger partial charge on any atom is 0.329 e. The smallest absolute Gasteiger partial charge is 0.311 e. The zero-order chi connectivity index (χ0) is 9.14.